The Bertz CT molecular complexity index is 245. The Morgan fingerprint density at radius 3 is 3.06 bits per heavy atom. The second kappa shape index (κ2) is 5.41. The Hall–Kier alpha value is -0.220. The molecule has 2 atom stereocenters. The molecule has 2 saturated heterocycles. The summed E-state index contributed by atoms with van der Waals surface area (Å²) in [6, 6.07) is 0.629. The number of hydrogen-bond acceptors (Lipinski definition) is 3. The van der Waals surface area contributed by atoms with Crippen LogP contribution in [0.15, 0.2) is 0 Å². The van der Waals surface area contributed by atoms with Crippen LogP contribution in [0.5, 0.6) is 0 Å². The van der Waals surface area contributed by atoms with Crippen molar-refractivity contribution >= 4 is 17.7 Å². The van der Waals surface area contributed by atoms with E-state index in [1.54, 1.807) is 0 Å². The van der Waals surface area contributed by atoms with E-state index < -0.39 is 0 Å². The van der Waals surface area contributed by atoms with Gasteiger partial charge in [-0.05, 0) is 51.3 Å². The van der Waals surface area contributed by atoms with Crippen molar-refractivity contribution in [1.29, 1.82) is 0 Å². The third-order valence-corrected chi connectivity index (χ3v) is 5.16. The monoisotopic (exact) mass is 242 g/mol. The number of carbonyl (C=O) groups is 1. The number of thioether (sulfide) groups is 1. The minimum absolute atomic E-state index is 0.150. The standard InChI is InChI=1S/C12H22N2OS/c1-12(6-3-9-16-12)11(15)14-8-5-10-4-2-7-13-10/h10,13H,2-9H2,1H3,(H,14,15)/t10-,12?/m0/s1. The van der Waals surface area contributed by atoms with Gasteiger partial charge in [0, 0.05) is 12.6 Å². The zero-order chi connectivity index (χ0) is 11.4. The van der Waals surface area contributed by atoms with Crippen molar-refractivity contribution < 1.29 is 4.79 Å². The van der Waals surface area contributed by atoms with Gasteiger partial charge in [-0.25, -0.2) is 0 Å². The number of rotatable bonds is 4. The van der Waals surface area contributed by atoms with E-state index in [2.05, 4.69) is 17.6 Å². The number of amides is 1. The van der Waals surface area contributed by atoms with Crippen molar-refractivity contribution in [3.8, 4) is 0 Å². The van der Waals surface area contributed by atoms with E-state index >= 15 is 0 Å². The molecule has 2 heterocycles. The first kappa shape index (κ1) is 12.2. The summed E-state index contributed by atoms with van der Waals surface area (Å²) in [4.78, 5) is 12.0. The maximum Gasteiger partial charge on any atom is 0.235 e. The van der Waals surface area contributed by atoms with E-state index in [4.69, 9.17) is 0 Å². The topological polar surface area (TPSA) is 41.1 Å². The number of hydrogen-bond donors (Lipinski definition) is 2. The molecule has 2 aliphatic heterocycles. The third-order valence-electron chi connectivity index (χ3n) is 3.64. The van der Waals surface area contributed by atoms with Gasteiger partial charge in [-0.2, -0.15) is 0 Å². The Morgan fingerprint density at radius 2 is 2.44 bits per heavy atom. The second-order valence-corrected chi connectivity index (χ2v) is 6.62. The molecule has 0 aromatic carbocycles. The first-order valence-electron chi connectivity index (χ1n) is 6.36. The molecule has 0 saturated carbocycles. The van der Waals surface area contributed by atoms with Crippen LogP contribution in [0.25, 0.3) is 0 Å². The van der Waals surface area contributed by atoms with Crippen LogP contribution in [0.4, 0.5) is 0 Å². The summed E-state index contributed by atoms with van der Waals surface area (Å²) in [7, 11) is 0. The van der Waals surface area contributed by atoms with Crippen molar-refractivity contribution in [1.82, 2.24) is 10.6 Å². The van der Waals surface area contributed by atoms with Gasteiger partial charge in [0.05, 0.1) is 4.75 Å². The van der Waals surface area contributed by atoms with Crippen molar-refractivity contribution in [3.63, 3.8) is 0 Å². The predicted molar refractivity (Wildman–Crippen MR) is 68.7 cm³/mol. The van der Waals surface area contributed by atoms with Crippen LogP contribution in [-0.2, 0) is 4.79 Å². The lowest BCUT2D eigenvalue weighted by molar-refractivity contribution is -0.123. The van der Waals surface area contributed by atoms with E-state index in [-0.39, 0.29) is 10.7 Å². The minimum atomic E-state index is -0.150. The molecule has 0 aliphatic carbocycles. The molecule has 2 N–H and O–H groups in total. The summed E-state index contributed by atoms with van der Waals surface area (Å²) >= 11 is 1.81. The van der Waals surface area contributed by atoms with Gasteiger partial charge in [-0.15, -0.1) is 11.8 Å². The molecule has 92 valence electrons. The average molecular weight is 242 g/mol. The largest absolute Gasteiger partial charge is 0.355 e. The highest BCUT2D eigenvalue weighted by Gasteiger charge is 2.36. The molecule has 1 amide bonds. The van der Waals surface area contributed by atoms with Gasteiger partial charge in [0.15, 0.2) is 0 Å². The van der Waals surface area contributed by atoms with Crippen LogP contribution in [0.3, 0.4) is 0 Å². The van der Waals surface area contributed by atoms with Crippen LogP contribution in [-0.4, -0.2) is 35.5 Å². The normalized spacial score (nSPS) is 34.2. The number of carbonyl (C=O) groups excluding carboxylic acids is 1. The van der Waals surface area contributed by atoms with Gasteiger partial charge >= 0.3 is 0 Å². The molecule has 3 nitrogen and oxygen atoms in total. The minimum Gasteiger partial charge on any atom is -0.355 e. The van der Waals surface area contributed by atoms with Crippen molar-refractivity contribution in [2.24, 2.45) is 0 Å². The Balaban J connectivity index is 1.67. The molecule has 0 bridgehead atoms. The van der Waals surface area contributed by atoms with Crippen LogP contribution < -0.4 is 10.6 Å². The molecular weight excluding hydrogens is 220 g/mol. The first-order chi connectivity index (χ1) is 7.71. The number of nitrogens with one attached hydrogen (secondary N) is 2. The SMILES string of the molecule is CC1(C(=O)NCC[C@@H]2CCCN2)CCCS1. The molecule has 4 heteroatoms. The molecule has 2 fully saturated rings. The van der Waals surface area contributed by atoms with Crippen LogP contribution in [0.2, 0.25) is 0 Å². The predicted octanol–water partition coefficient (Wildman–Crippen LogP) is 1.53. The van der Waals surface area contributed by atoms with Gasteiger partial charge in [0.25, 0.3) is 0 Å². The molecular formula is C12H22N2OS. The van der Waals surface area contributed by atoms with Gasteiger partial charge in [0.2, 0.25) is 5.91 Å². The highest BCUT2D eigenvalue weighted by Crippen LogP contribution is 2.37. The lowest BCUT2D eigenvalue weighted by Gasteiger charge is -2.22. The van der Waals surface area contributed by atoms with E-state index in [1.165, 1.54) is 19.3 Å². The summed E-state index contributed by atoms with van der Waals surface area (Å²) in [5, 5.41) is 6.55. The average Bonchev–Trinajstić information content (AvgIpc) is 2.90. The Morgan fingerprint density at radius 1 is 1.56 bits per heavy atom. The maximum absolute atomic E-state index is 12.0. The highest BCUT2D eigenvalue weighted by atomic mass is 32.2. The molecule has 2 aliphatic rings. The summed E-state index contributed by atoms with van der Waals surface area (Å²) in [5.74, 6) is 1.38. The zero-order valence-electron chi connectivity index (χ0n) is 10.1. The fourth-order valence-electron chi connectivity index (χ4n) is 2.51. The fourth-order valence-corrected chi connectivity index (χ4v) is 3.74. The van der Waals surface area contributed by atoms with Crippen molar-refractivity contribution in [3.05, 3.63) is 0 Å². The Kier molecular flexibility index (Phi) is 4.14. The quantitative estimate of drug-likeness (QED) is 0.785. The summed E-state index contributed by atoms with van der Waals surface area (Å²) in [6.45, 7) is 4.05. The maximum atomic E-state index is 12.0. The van der Waals surface area contributed by atoms with Crippen LogP contribution in [0, 0.1) is 0 Å². The van der Waals surface area contributed by atoms with E-state index in [0.29, 0.717) is 6.04 Å². The van der Waals surface area contributed by atoms with E-state index in [1.807, 2.05) is 11.8 Å². The first-order valence-corrected chi connectivity index (χ1v) is 7.35. The zero-order valence-corrected chi connectivity index (χ0v) is 10.9. The lowest BCUT2D eigenvalue weighted by atomic mass is 10.0. The summed E-state index contributed by atoms with van der Waals surface area (Å²) in [6.07, 6.45) is 5.84. The van der Waals surface area contributed by atoms with Gasteiger partial charge in [-0.3, -0.25) is 4.79 Å². The van der Waals surface area contributed by atoms with E-state index in [9.17, 15) is 4.79 Å². The van der Waals surface area contributed by atoms with Gasteiger partial charge in [0.1, 0.15) is 0 Å². The molecule has 0 aromatic rings. The van der Waals surface area contributed by atoms with Crippen molar-refractivity contribution in [2.45, 2.75) is 49.8 Å². The molecule has 2 rings (SSSR count). The third kappa shape index (κ3) is 2.92. The van der Waals surface area contributed by atoms with Crippen LogP contribution in [0.1, 0.15) is 39.0 Å². The Labute approximate surface area is 102 Å². The lowest BCUT2D eigenvalue weighted by Crippen LogP contribution is -2.41. The van der Waals surface area contributed by atoms with Gasteiger partial charge in [-0.1, -0.05) is 0 Å². The second-order valence-electron chi connectivity index (χ2n) is 5.02. The van der Waals surface area contributed by atoms with E-state index in [0.717, 1.165) is 31.7 Å². The molecule has 0 aromatic heterocycles. The van der Waals surface area contributed by atoms with Crippen molar-refractivity contribution in [2.75, 3.05) is 18.8 Å². The fraction of sp³-hybridized carbons (Fsp3) is 0.917. The molecule has 1 unspecified atom stereocenters. The van der Waals surface area contributed by atoms with Crippen LogP contribution >= 0.6 is 11.8 Å². The highest BCUT2D eigenvalue weighted by molar-refractivity contribution is 8.01. The molecule has 0 spiro atoms. The molecule has 0 radical (unpaired) electrons. The summed E-state index contributed by atoms with van der Waals surface area (Å²) in [5.41, 5.74) is 0. The summed E-state index contributed by atoms with van der Waals surface area (Å²) < 4.78 is -0.150. The molecule has 16 heavy (non-hydrogen) atoms. The smallest absolute Gasteiger partial charge is 0.235 e. The van der Waals surface area contributed by atoms with Gasteiger partial charge < -0.3 is 10.6 Å².